The first-order valence-electron chi connectivity index (χ1n) is 6.34. The van der Waals surface area contributed by atoms with Gasteiger partial charge >= 0.3 is 0 Å². The van der Waals surface area contributed by atoms with Crippen LogP contribution in [0.4, 0.5) is 0 Å². The highest BCUT2D eigenvalue weighted by Gasteiger charge is 2.25. The molecule has 0 bridgehead atoms. The van der Waals surface area contributed by atoms with Crippen LogP contribution in [0.3, 0.4) is 0 Å². The molecule has 0 radical (unpaired) electrons. The largest absolute Gasteiger partial charge is 0.394 e. The first-order valence-corrected chi connectivity index (χ1v) is 6.34. The van der Waals surface area contributed by atoms with E-state index in [0.29, 0.717) is 6.04 Å². The van der Waals surface area contributed by atoms with E-state index in [1.165, 1.54) is 6.42 Å². The zero-order valence-corrected chi connectivity index (χ0v) is 10.9. The smallest absolute Gasteiger partial charge is 0.0621 e. The molecule has 0 aromatic carbocycles. The van der Waals surface area contributed by atoms with E-state index in [1.807, 2.05) is 6.92 Å². The van der Waals surface area contributed by atoms with Crippen molar-refractivity contribution in [3.8, 4) is 0 Å². The average molecular weight is 229 g/mol. The van der Waals surface area contributed by atoms with Crippen LogP contribution >= 0.6 is 0 Å². The molecule has 16 heavy (non-hydrogen) atoms. The molecule has 1 fully saturated rings. The number of piperazine rings is 1. The minimum Gasteiger partial charge on any atom is -0.394 e. The van der Waals surface area contributed by atoms with Crippen LogP contribution in [0.15, 0.2) is 0 Å². The number of nitrogens with zero attached hydrogens (tertiary/aromatic N) is 2. The maximum absolute atomic E-state index is 9.14. The molecule has 1 aliphatic heterocycles. The Balaban J connectivity index is 2.32. The van der Waals surface area contributed by atoms with Crippen molar-refractivity contribution >= 4 is 0 Å². The lowest BCUT2D eigenvalue weighted by atomic mass is 10.0. The van der Waals surface area contributed by atoms with Crippen LogP contribution < -0.4 is 5.73 Å². The second kappa shape index (κ2) is 5.96. The van der Waals surface area contributed by atoms with E-state index in [9.17, 15) is 0 Å². The monoisotopic (exact) mass is 229 g/mol. The maximum Gasteiger partial charge on any atom is 0.0621 e. The third-order valence-corrected chi connectivity index (χ3v) is 3.57. The molecule has 4 nitrogen and oxygen atoms in total. The van der Waals surface area contributed by atoms with Crippen LogP contribution in [-0.4, -0.2) is 65.8 Å². The van der Waals surface area contributed by atoms with Gasteiger partial charge in [-0.3, -0.25) is 9.80 Å². The Bertz CT molecular complexity index is 200. The fourth-order valence-corrected chi connectivity index (χ4v) is 2.18. The first-order chi connectivity index (χ1) is 7.48. The topological polar surface area (TPSA) is 52.7 Å². The van der Waals surface area contributed by atoms with Crippen molar-refractivity contribution in [3.05, 3.63) is 0 Å². The summed E-state index contributed by atoms with van der Waals surface area (Å²) in [4.78, 5) is 4.89. The Morgan fingerprint density at radius 2 is 1.88 bits per heavy atom. The van der Waals surface area contributed by atoms with Crippen molar-refractivity contribution in [1.29, 1.82) is 0 Å². The molecule has 0 aromatic rings. The second-order valence-electron chi connectivity index (χ2n) is 5.38. The standard InChI is InChI=1S/C12H27N3O/c1-4-11(2)15-7-5-14(6-8-15)9-12(3,13)10-16/h11,16H,4-10,13H2,1-3H3. The van der Waals surface area contributed by atoms with Gasteiger partial charge in [-0.25, -0.2) is 0 Å². The summed E-state index contributed by atoms with van der Waals surface area (Å²) in [7, 11) is 0. The molecule has 0 spiro atoms. The van der Waals surface area contributed by atoms with Crippen LogP contribution in [0, 0.1) is 0 Å². The molecule has 0 aliphatic carbocycles. The summed E-state index contributed by atoms with van der Waals surface area (Å²) in [5, 5.41) is 9.14. The summed E-state index contributed by atoms with van der Waals surface area (Å²) in [6.45, 7) is 11.7. The van der Waals surface area contributed by atoms with Crippen LogP contribution in [0.5, 0.6) is 0 Å². The highest BCUT2D eigenvalue weighted by molar-refractivity contribution is 4.85. The molecule has 2 atom stereocenters. The van der Waals surface area contributed by atoms with Crippen LogP contribution in [0.25, 0.3) is 0 Å². The molecule has 0 aromatic heterocycles. The van der Waals surface area contributed by atoms with E-state index in [2.05, 4.69) is 23.6 Å². The van der Waals surface area contributed by atoms with E-state index in [1.54, 1.807) is 0 Å². The normalized spacial score (nSPS) is 25.3. The maximum atomic E-state index is 9.14. The summed E-state index contributed by atoms with van der Waals surface area (Å²) in [6, 6.07) is 0.684. The van der Waals surface area contributed by atoms with Gasteiger partial charge in [0.15, 0.2) is 0 Å². The van der Waals surface area contributed by atoms with Crippen LogP contribution in [0.1, 0.15) is 27.2 Å². The molecule has 1 heterocycles. The second-order valence-corrected chi connectivity index (χ2v) is 5.38. The van der Waals surface area contributed by atoms with Crippen molar-refractivity contribution in [3.63, 3.8) is 0 Å². The van der Waals surface area contributed by atoms with Crippen molar-refractivity contribution in [2.75, 3.05) is 39.3 Å². The highest BCUT2D eigenvalue weighted by atomic mass is 16.3. The molecule has 2 unspecified atom stereocenters. The van der Waals surface area contributed by atoms with E-state index in [0.717, 1.165) is 32.7 Å². The Kier molecular flexibility index (Phi) is 5.18. The number of hydrogen-bond acceptors (Lipinski definition) is 4. The van der Waals surface area contributed by atoms with Gasteiger partial charge in [-0.05, 0) is 20.3 Å². The predicted molar refractivity (Wildman–Crippen MR) is 67.4 cm³/mol. The fourth-order valence-electron chi connectivity index (χ4n) is 2.18. The molecule has 3 N–H and O–H groups in total. The Morgan fingerprint density at radius 3 is 2.31 bits per heavy atom. The molecule has 96 valence electrons. The zero-order chi connectivity index (χ0) is 12.2. The molecule has 0 saturated carbocycles. The number of hydrogen-bond donors (Lipinski definition) is 2. The van der Waals surface area contributed by atoms with E-state index >= 15 is 0 Å². The third kappa shape index (κ3) is 4.01. The highest BCUT2D eigenvalue weighted by Crippen LogP contribution is 2.10. The average Bonchev–Trinajstić information content (AvgIpc) is 2.28. The third-order valence-electron chi connectivity index (χ3n) is 3.57. The van der Waals surface area contributed by atoms with Crippen molar-refractivity contribution in [2.24, 2.45) is 5.73 Å². The lowest BCUT2D eigenvalue weighted by Crippen LogP contribution is -2.56. The Labute approximate surface area is 99.4 Å². The minimum atomic E-state index is -0.460. The predicted octanol–water partition coefficient (Wildman–Crippen LogP) is 0.112. The molecule has 4 heteroatoms. The minimum absolute atomic E-state index is 0.0541. The van der Waals surface area contributed by atoms with E-state index < -0.39 is 5.54 Å². The van der Waals surface area contributed by atoms with Crippen LogP contribution in [0.2, 0.25) is 0 Å². The number of rotatable bonds is 5. The lowest BCUT2D eigenvalue weighted by Gasteiger charge is -2.40. The Hall–Kier alpha value is -0.160. The summed E-state index contributed by atoms with van der Waals surface area (Å²) < 4.78 is 0. The van der Waals surface area contributed by atoms with Gasteiger partial charge in [-0.15, -0.1) is 0 Å². The van der Waals surface area contributed by atoms with Crippen molar-refractivity contribution in [2.45, 2.75) is 38.8 Å². The van der Waals surface area contributed by atoms with Gasteiger partial charge in [0, 0.05) is 44.3 Å². The van der Waals surface area contributed by atoms with Gasteiger partial charge < -0.3 is 10.8 Å². The van der Waals surface area contributed by atoms with Gasteiger partial charge in [-0.1, -0.05) is 6.92 Å². The van der Waals surface area contributed by atoms with Gasteiger partial charge in [-0.2, -0.15) is 0 Å². The number of nitrogens with two attached hydrogens (primary N) is 1. The lowest BCUT2D eigenvalue weighted by molar-refractivity contribution is 0.0743. The number of aliphatic hydroxyl groups is 1. The van der Waals surface area contributed by atoms with Crippen LogP contribution in [-0.2, 0) is 0 Å². The SMILES string of the molecule is CCC(C)N1CCN(CC(C)(N)CO)CC1. The molecular weight excluding hydrogens is 202 g/mol. The molecule has 1 saturated heterocycles. The van der Waals surface area contributed by atoms with Crippen molar-refractivity contribution < 1.29 is 5.11 Å². The molecular formula is C12H27N3O. The van der Waals surface area contributed by atoms with Gasteiger partial charge in [0.05, 0.1) is 6.61 Å². The van der Waals surface area contributed by atoms with E-state index in [4.69, 9.17) is 10.8 Å². The van der Waals surface area contributed by atoms with Gasteiger partial charge in [0.25, 0.3) is 0 Å². The first kappa shape index (κ1) is 13.9. The fraction of sp³-hybridized carbons (Fsp3) is 1.00. The zero-order valence-electron chi connectivity index (χ0n) is 10.9. The quantitative estimate of drug-likeness (QED) is 0.703. The van der Waals surface area contributed by atoms with Crippen molar-refractivity contribution in [1.82, 2.24) is 9.80 Å². The number of aliphatic hydroxyl groups excluding tert-OH is 1. The van der Waals surface area contributed by atoms with Gasteiger partial charge in [0.1, 0.15) is 0 Å². The van der Waals surface area contributed by atoms with Gasteiger partial charge in [0.2, 0.25) is 0 Å². The summed E-state index contributed by atoms with van der Waals surface area (Å²) >= 11 is 0. The molecule has 1 aliphatic rings. The summed E-state index contributed by atoms with van der Waals surface area (Å²) in [5.41, 5.74) is 5.50. The molecule has 0 amide bonds. The molecule has 1 rings (SSSR count). The Morgan fingerprint density at radius 1 is 1.31 bits per heavy atom. The summed E-state index contributed by atoms with van der Waals surface area (Å²) in [6.07, 6.45) is 1.21. The van der Waals surface area contributed by atoms with E-state index in [-0.39, 0.29) is 6.61 Å². The summed E-state index contributed by atoms with van der Waals surface area (Å²) in [5.74, 6) is 0.